The van der Waals surface area contributed by atoms with Crippen LogP contribution in [0.4, 0.5) is 5.82 Å². The van der Waals surface area contributed by atoms with Gasteiger partial charge in [-0.3, -0.25) is 4.98 Å². The minimum atomic E-state index is 0.586. The molecule has 0 amide bonds. The summed E-state index contributed by atoms with van der Waals surface area (Å²) in [5, 5.41) is 4.65. The first-order valence-electron chi connectivity index (χ1n) is 9.49. The van der Waals surface area contributed by atoms with E-state index >= 15 is 0 Å². The predicted molar refractivity (Wildman–Crippen MR) is 117 cm³/mol. The molecule has 3 aromatic heterocycles. The number of nitrogens with zero attached hydrogens (tertiary/aromatic N) is 3. The van der Waals surface area contributed by atoms with Crippen LogP contribution in [0.5, 0.6) is 5.75 Å². The molecule has 0 bridgehead atoms. The second-order valence-electron chi connectivity index (χ2n) is 6.81. The van der Waals surface area contributed by atoms with E-state index in [0.717, 1.165) is 23.1 Å². The quantitative estimate of drug-likeness (QED) is 0.485. The third-order valence-corrected chi connectivity index (χ3v) is 4.78. The molecule has 0 radical (unpaired) electrons. The fourth-order valence-corrected chi connectivity index (χ4v) is 3.39. The number of aryl methyl sites for hydroxylation is 1. The van der Waals surface area contributed by atoms with Gasteiger partial charge >= 0.3 is 0 Å². The number of nitrogens with one attached hydrogen (secondary N) is 2. The molecule has 3 heterocycles. The van der Waals surface area contributed by atoms with Crippen molar-refractivity contribution in [2.45, 2.75) is 13.3 Å². The topological polar surface area (TPSA) is 75.7 Å². The van der Waals surface area contributed by atoms with E-state index in [2.05, 4.69) is 51.2 Å². The lowest BCUT2D eigenvalue weighted by molar-refractivity contribution is 0.411. The lowest BCUT2D eigenvalue weighted by atomic mass is 10.1. The van der Waals surface area contributed by atoms with E-state index in [1.165, 1.54) is 10.9 Å². The molecule has 2 N–H and O–H groups in total. The molecule has 29 heavy (non-hydrogen) atoms. The predicted octanol–water partition coefficient (Wildman–Crippen LogP) is 4.63. The lowest BCUT2D eigenvalue weighted by Gasteiger charge is -2.14. The number of hydrogen-bond donors (Lipinski definition) is 2. The Hall–Kier alpha value is -3.67. The van der Waals surface area contributed by atoms with Crippen LogP contribution < -0.4 is 10.1 Å². The number of ether oxygens (including phenoxy) is 1. The Morgan fingerprint density at radius 1 is 1.21 bits per heavy atom. The second kappa shape index (κ2) is 8.14. The number of rotatable bonds is 7. The van der Waals surface area contributed by atoms with Gasteiger partial charge in [0.1, 0.15) is 5.69 Å². The third-order valence-electron chi connectivity index (χ3n) is 4.78. The fraction of sp³-hybridized carbons (Fsp3) is 0.174. The Balaban J connectivity index is 1.61. The number of anilines is 1. The van der Waals surface area contributed by atoms with Crippen LogP contribution >= 0.6 is 0 Å². The summed E-state index contributed by atoms with van der Waals surface area (Å²) in [6, 6.07) is 10.3. The van der Waals surface area contributed by atoms with Gasteiger partial charge in [-0.1, -0.05) is 24.8 Å². The molecule has 0 spiro atoms. The maximum absolute atomic E-state index is 5.56. The van der Waals surface area contributed by atoms with E-state index in [1.807, 2.05) is 25.3 Å². The van der Waals surface area contributed by atoms with Gasteiger partial charge in [-0.15, -0.1) is 0 Å². The molecule has 146 valence electrons. The maximum Gasteiger partial charge on any atom is 0.187 e. The molecule has 4 aromatic rings. The highest BCUT2D eigenvalue weighted by atomic mass is 16.5. The van der Waals surface area contributed by atoms with E-state index in [1.54, 1.807) is 19.4 Å². The maximum atomic E-state index is 5.56. The molecule has 6 nitrogen and oxygen atoms in total. The first-order chi connectivity index (χ1) is 14.2. The van der Waals surface area contributed by atoms with E-state index in [-0.39, 0.29) is 0 Å². The van der Waals surface area contributed by atoms with Crippen molar-refractivity contribution in [2.24, 2.45) is 0 Å². The molecule has 0 aliphatic rings. The number of H-pyrrole nitrogens is 1. The molecule has 0 aliphatic carbocycles. The number of aromatic amines is 1. The zero-order valence-electron chi connectivity index (χ0n) is 16.6. The van der Waals surface area contributed by atoms with Gasteiger partial charge in [0.25, 0.3) is 0 Å². The van der Waals surface area contributed by atoms with Gasteiger partial charge < -0.3 is 15.0 Å². The average Bonchev–Trinajstić information content (AvgIpc) is 3.16. The molecule has 0 aliphatic heterocycles. The normalized spacial score (nSPS) is 10.8. The number of hydrogen-bond acceptors (Lipinski definition) is 5. The van der Waals surface area contributed by atoms with Crippen LogP contribution in [-0.2, 0) is 6.42 Å². The molecular formula is C23H23N5O. The van der Waals surface area contributed by atoms with Gasteiger partial charge in [0, 0.05) is 41.6 Å². The Bertz CT molecular complexity index is 1170. The molecule has 6 heteroatoms. The number of pyridine rings is 1. The van der Waals surface area contributed by atoms with Crippen LogP contribution in [0.15, 0.2) is 55.5 Å². The van der Waals surface area contributed by atoms with Crippen molar-refractivity contribution in [3.05, 3.63) is 72.3 Å². The van der Waals surface area contributed by atoms with Crippen molar-refractivity contribution in [3.8, 4) is 17.1 Å². The van der Waals surface area contributed by atoms with E-state index in [0.29, 0.717) is 29.6 Å². The van der Waals surface area contributed by atoms with Crippen molar-refractivity contribution in [2.75, 3.05) is 19.0 Å². The Labute approximate surface area is 169 Å². The van der Waals surface area contributed by atoms with Crippen LogP contribution in [-0.4, -0.2) is 33.6 Å². The largest absolute Gasteiger partial charge is 0.491 e. The van der Waals surface area contributed by atoms with E-state index in [4.69, 9.17) is 9.72 Å². The minimum Gasteiger partial charge on any atom is -0.491 e. The summed E-state index contributed by atoms with van der Waals surface area (Å²) in [5.41, 5.74) is 4.96. The van der Waals surface area contributed by atoms with Gasteiger partial charge in [-0.05, 0) is 42.7 Å². The average molecular weight is 385 g/mol. The van der Waals surface area contributed by atoms with Crippen LogP contribution in [0.3, 0.4) is 0 Å². The van der Waals surface area contributed by atoms with Crippen molar-refractivity contribution < 1.29 is 4.74 Å². The zero-order chi connectivity index (χ0) is 20.2. The summed E-state index contributed by atoms with van der Waals surface area (Å²) in [7, 11) is 1.62. The number of para-hydroxylation sites is 1. The Morgan fingerprint density at radius 3 is 2.86 bits per heavy atom. The highest BCUT2D eigenvalue weighted by Gasteiger charge is 2.15. The van der Waals surface area contributed by atoms with Gasteiger partial charge in [-0.25, -0.2) is 9.97 Å². The van der Waals surface area contributed by atoms with E-state index in [9.17, 15) is 0 Å². The monoisotopic (exact) mass is 385 g/mol. The highest BCUT2D eigenvalue weighted by molar-refractivity contribution is 5.83. The summed E-state index contributed by atoms with van der Waals surface area (Å²) in [6.07, 6.45) is 8.15. The van der Waals surface area contributed by atoms with Gasteiger partial charge in [0.15, 0.2) is 17.4 Å². The van der Waals surface area contributed by atoms with Gasteiger partial charge in [-0.2, -0.15) is 0 Å². The SMILES string of the molecule is C=Cc1nc(-c2cncc(C)c2)nc(NCCc2c[nH]c3ccccc23)c1OC. The Kier molecular flexibility index (Phi) is 5.24. The molecule has 0 atom stereocenters. The summed E-state index contributed by atoms with van der Waals surface area (Å²) >= 11 is 0. The van der Waals surface area contributed by atoms with Gasteiger partial charge in [0.05, 0.1) is 7.11 Å². The van der Waals surface area contributed by atoms with Crippen molar-refractivity contribution in [3.63, 3.8) is 0 Å². The number of fused-ring (bicyclic) bond motifs is 1. The smallest absolute Gasteiger partial charge is 0.187 e. The van der Waals surface area contributed by atoms with Crippen LogP contribution in [0.25, 0.3) is 28.4 Å². The molecule has 0 saturated heterocycles. The van der Waals surface area contributed by atoms with Gasteiger partial charge in [0.2, 0.25) is 0 Å². The standard InChI is InChI=1S/C23H23N5O/c1-4-19-21(29-3)23(28-22(27-19)17-11-15(2)12-24-13-17)25-10-9-16-14-26-20-8-6-5-7-18(16)20/h4-8,11-14,26H,1,9-10H2,2-3H3,(H,25,27,28). The summed E-state index contributed by atoms with van der Waals surface area (Å²) < 4.78 is 5.56. The third kappa shape index (κ3) is 3.82. The van der Waals surface area contributed by atoms with Crippen LogP contribution in [0.1, 0.15) is 16.8 Å². The first-order valence-corrected chi connectivity index (χ1v) is 9.49. The molecule has 0 fully saturated rings. The fourth-order valence-electron chi connectivity index (χ4n) is 3.39. The van der Waals surface area contributed by atoms with Crippen LogP contribution in [0, 0.1) is 6.92 Å². The first kappa shape index (κ1) is 18.7. The van der Waals surface area contributed by atoms with Crippen molar-refractivity contribution in [1.29, 1.82) is 0 Å². The zero-order valence-corrected chi connectivity index (χ0v) is 16.6. The summed E-state index contributed by atoms with van der Waals surface area (Å²) in [5.74, 6) is 1.82. The number of methoxy groups -OCH3 is 1. The molecule has 4 rings (SSSR count). The molecule has 1 aromatic carbocycles. The second-order valence-corrected chi connectivity index (χ2v) is 6.81. The molecule has 0 saturated carbocycles. The van der Waals surface area contributed by atoms with Crippen molar-refractivity contribution >= 4 is 22.8 Å². The summed E-state index contributed by atoms with van der Waals surface area (Å²) in [4.78, 5) is 16.9. The summed E-state index contributed by atoms with van der Waals surface area (Å²) in [6.45, 7) is 6.57. The van der Waals surface area contributed by atoms with Crippen LogP contribution in [0.2, 0.25) is 0 Å². The van der Waals surface area contributed by atoms with Crippen molar-refractivity contribution in [1.82, 2.24) is 19.9 Å². The Morgan fingerprint density at radius 2 is 2.07 bits per heavy atom. The van der Waals surface area contributed by atoms with E-state index < -0.39 is 0 Å². The molecule has 0 unspecified atom stereocenters. The number of benzene rings is 1. The highest BCUT2D eigenvalue weighted by Crippen LogP contribution is 2.30. The molecular weight excluding hydrogens is 362 g/mol. The number of aromatic nitrogens is 4. The lowest BCUT2D eigenvalue weighted by Crippen LogP contribution is -2.10. The minimum absolute atomic E-state index is 0.586.